The maximum atomic E-state index is 13.4. The summed E-state index contributed by atoms with van der Waals surface area (Å²) in [5.41, 5.74) is 1.26. The molecular weight excluding hydrogens is 285 g/mol. The highest BCUT2D eigenvalue weighted by molar-refractivity contribution is 5.69. The van der Waals surface area contributed by atoms with Gasteiger partial charge < -0.3 is 4.74 Å². The average molecular weight is 305 g/mol. The van der Waals surface area contributed by atoms with E-state index in [1.165, 1.54) is 13.2 Å². The van der Waals surface area contributed by atoms with Gasteiger partial charge in [-0.25, -0.2) is 14.1 Å². The van der Waals surface area contributed by atoms with E-state index in [2.05, 4.69) is 10.1 Å². The van der Waals surface area contributed by atoms with Crippen molar-refractivity contribution in [1.29, 1.82) is 0 Å². The van der Waals surface area contributed by atoms with Crippen LogP contribution in [0.1, 0.15) is 37.6 Å². The maximum absolute atomic E-state index is 13.4. The molecule has 0 saturated carbocycles. The molecule has 118 valence electrons. The van der Waals surface area contributed by atoms with E-state index >= 15 is 0 Å². The van der Waals surface area contributed by atoms with E-state index in [9.17, 15) is 9.18 Å². The smallest absolute Gasteiger partial charge is 0.327 e. The molecule has 0 saturated heterocycles. The molecule has 22 heavy (non-hydrogen) atoms. The third kappa shape index (κ3) is 3.32. The van der Waals surface area contributed by atoms with Gasteiger partial charge in [-0.3, -0.25) is 4.79 Å². The zero-order valence-corrected chi connectivity index (χ0v) is 13.3. The molecule has 1 unspecified atom stereocenters. The molecule has 1 atom stereocenters. The molecule has 0 radical (unpaired) electrons. The van der Waals surface area contributed by atoms with Crippen LogP contribution in [0.25, 0.3) is 11.4 Å². The van der Waals surface area contributed by atoms with Crippen molar-refractivity contribution in [3.63, 3.8) is 0 Å². The highest BCUT2D eigenvalue weighted by atomic mass is 19.1. The predicted molar refractivity (Wildman–Crippen MR) is 80.9 cm³/mol. The fourth-order valence-corrected chi connectivity index (χ4v) is 2.11. The van der Waals surface area contributed by atoms with Crippen LogP contribution in [0.5, 0.6) is 0 Å². The second-order valence-electron chi connectivity index (χ2n) is 5.30. The van der Waals surface area contributed by atoms with Gasteiger partial charge in [-0.2, -0.15) is 5.10 Å². The fourth-order valence-electron chi connectivity index (χ4n) is 2.11. The van der Waals surface area contributed by atoms with Crippen LogP contribution in [0.15, 0.2) is 18.2 Å². The SMILES string of the molecule is CCC(C)c1nc(-c2ccc(F)c(C)c2)nn1CC(=O)OC. The summed E-state index contributed by atoms with van der Waals surface area (Å²) in [5, 5.41) is 4.39. The van der Waals surface area contributed by atoms with Gasteiger partial charge in [-0.05, 0) is 37.1 Å². The van der Waals surface area contributed by atoms with Crippen LogP contribution in [0.2, 0.25) is 0 Å². The second-order valence-corrected chi connectivity index (χ2v) is 5.30. The number of benzene rings is 1. The van der Waals surface area contributed by atoms with Crippen LogP contribution in [0.3, 0.4) is 0 Å². The number of methoxy groups -OCH3 is 1. The van der Waals surface area contributed by atoms with Gasteiger partial charge in [-0.15, -0.1) is 0 Å². The monoisotopic (exact) mass is 305 g/mol. The van der Waals surface area contributed by atoms with Crippen molar-refractivity contribution in [2.45, 2.75) is 39.7 Å². The van der Waals surface area contributed by atoms with Crippen molar-refractivity contribution in [1.82, 2.24) is 14.8 Å². The van der Waals surface area contributed by atoms with Crippen LogP contribution in [-0.4, -0.2) is 27.8 Å². The number of carbonyl (C=O) groups is 1. The molecule has 2 rings (SSSR count). The molecule has 0 aliphatic heterocycles. The lowest BCUT2D eigenvalue weighted by Crippen LogP contribution is -2.16. The molecule has 6 heteroatoms. The Balaban J connectivity index is 2.44. The van der Waals surface area contributed by atoms with Crippen LogP contribution >= 0.6 is 0 Å². The summed E-state index contributed by atoms with van der Waals surface area (Å²) in [6.07, 6.45) is 0.877. The highest BCUT2D eigenvalue weighted by Crippen LogP contribution is 2.23. The molecule has 0 amide bonds. The molecule has 1 aromatic carbocycles. The summed E-state index contributed by atoms with van der Waals surface area (Å²) in [4.78, 5) is 16.1. The molecule has 0 N–H and O–H groups in total. The van der Waals surface area contributed by atoms with E-state index in [4.69, 9.17) is 4.74 Å². The number of rotatable bonds is 5. The van der Waals surface area contributed by atoms with Crippen molar-refractivity contribution in [3.05, 3.63) is 35.4 Å². The average Bonchev–Trinajstić information content (AvgIpc) is 2.92. The number of nitrogens with zero attached hydrogens (tertiary/aromatic N) is 3. The zero-order chi connectivity index (χ0) is 16.3. The van der Waals surface area contributed by atoms with E-state index < -0.39 is 0 Å². The van der Waals surface area contributed by atoms with Gasteiger partial charge in [-0.1, -0.05) is 13.8 Å². The van der Waals surface area contributed by atoms with Gasteiger partial charge in [0.25, 0.3) is 0 Å². The number of aryl methyl sites for hydroxylation is 1. The van der Waals surface area contributed by atoms with Gasteiger partial charge in [0.15, 0.2) is 5.82 Å². The minimum absolute atomic E-state index is 0.0172. The first-order chi connectivity index (χ1) is 10.5. The first-order valence-electron chi connectivity index (χ1n) is 7.24. The van der Waals surface area contributed by atoms with Crippen molar-refractivity contribution >= 4 is 5.97 Å². The lowest BCUT2D eigenvalue weighted by atomic mass is 10.1. The van der Waals surface area contributed by atoms with Crippen LogP contribution in [0, 0.1) is 12.7 Å². The van der Waals surface area contributed by atoms with Gasteiger partial charge in [0.1, 0.15) is 18.2 Å². The normalized spacial score (nSPS) is 12.2. The maximum Gasteiger partial charge on any atom is 0.327 e. The van der Waals surface area contributed by atoms with Crippen LogP contribution in [0.4, 0.5) is 4.39 Å². The summed E-state index contributed by atoms with van der Waals surface area (Å²) in [7, 11) is 1.34. The second kappa shape index (κ2) is 6.68. The lowest BCUT2D eigenvalue weighted by molar-refractivity contribution is -0.141. The molecule has 0 bridgehead atoms. The van der Waals surface area contributed by atoms with E-state index in [-0.39, 0.29) is 24.2 Å². The molecule has 0 fully saturated rings. The summed E-state index contributed by atoms with van der Waals surface area (Å²) < 4.78 is 19.7. The summed E-state index contributed by atoms with van der Waals surface area (Å²) >= 11 is 0. The van der Waals surface area contributed by atoms with E-state index in [0.717, 1.165) is 17.8 Å². The Hall–Kier alpha value is -2.24. The molecule has 1 aromatic heterocycles. The minimum Gasteiger partial charge on any atom is -0.468 e. The number of esters is 1. The van der Waals surface area contributed by atoms with Crippen LogP contribution in [-0.2, 0) is 16.1 Å². The standard InChI is InChI=1S/C16H20FN3O2/c1-5-10(2)16-18-15(19-20(16)9-14(21)22-4)12-6-7-13(17)11(3)8-12/h6-8,10H,5,9H2,1-4H3. The number of halogens is 1. The van der Waals surface area contributed by atoms with Crippen molar-refractivity contribution in [2.75, 3.05) is 7.11 Å². The Labute approximate surface area is 129 Å². The summed E-state index contributed by atoms with van der Waals surface area (Å²) in [6, 6.07) is 4.74. The Morgan fingerprint density at radius 3 is 2.77 bits per heavy atom. The van der Waals surface area contributed by atoms with E-state index in [1.54, 1.807) is 23.7 Å². The Kier molecular flexibility index (Phi) is 4.90. The molecule has 0 aliphatic carbocycles. The van der Waals surface area contributed by atoms with Crippen molar-refractivity contribution in [3.8, 4) is 11.4 Å². The number of aromatic nitrogens is 3. The highest BCUT2D eigenvalue weighted by Gasteiger charge is 2.18. The topological polar surface area (TPSA) is 57.0 Å². The molecule has 1 heterocycles. The van der Waals surface area contributed by atoms with Gasteiger partial charge in [0, 0.05) is 11.5 Å². The number of hydrogen-bond donors (Lipinski definition) is 0. The first kappa shape index (κ1) is 16.1. The number of hydrogen-bond acceptors (Lipinski definition) is 4. The predicted octanol–water partition coefficient (Wildman–Crippen LogP) is 3.08. The Bertz CT molecular complexity index is 682. The number of ether oxygens (including phenoxy) is 1. The zero-order valence-electron chi connectivity index (χ0n) is 13.3. The third-order valence-corrected chi connectivity index (χ3v) is 3.68. The largest absolute Gasteiger partial charge is 0.468 e. The summed E-state index contributed by atoms with van der Waals surface area (Å²) in [5.74, 6) is 0.732. The minimum atomic E-state index is -0.378. The van der Waals surface area contributed by atoms with Gasteiger partial charge in [0.05, 0.1) is 7.11 Å². The van der Waals surface area contributed by atoms with Crippen LogP contribution < -0.4 is 0 Å². The van der Waals surface area contributed by atoms with E-state index in [1.807, 2.05) is 13.8 Å². The van der Waals surface area contributed by atoms with E-state index in [0.29, 0.717) is 11.4 Å². The third-order valence-electron chi connectivity index (χ3n) is 3.68. The number of carbonyl (C=O) groups excluding carboxylic acids is 1. The van der Waals surface area contributed by atoms with Crippen molar-refractivity contribution < 1.29 is 13.9 Å². The Morgan fingerprint density at radius 1 is 1.45 bits per heavy atom. The molecule has 5 nitrogen and oxygen atoms in total. The molecule has 2 aromatic rings. The quantitative estimate of drug-likeness (QED) is 0.797. The van der Waals surface area contributed by atoms with Gasteiger partial charge in [0.2, 0.25) is 0 Å². The molecule has 0 aliphatic rings. The molecule has 0 spiro atoms. The molecular formula is C16H20FN3O2. The fraction of sp³-hybridized carbons (Fsp3) is 0.438. The lowest BCUT2D eigenvalue weighted by Gasteiger charge is -2.08. The van der Waals surface area contributed by atoms with Crippen molar-refractivity contribution in [2.24, 2.45) is 0 Å². The summed E-state index contributed by atoms with van der Waals surface area (Å²) in [6.45, 7) is 5.78. The Morgan fingerprint density at radius 2 is 2.18 bits per heavy atom. The van der Waals surface area contributed by atoms with Gasteiger partial charge >= 0.3 is 5.97 Å². The first-order valence-corrected chi connectivity index (χ1v) is 7.24.